The zero-order valence-corrected chi connectivity index (χ0v) is 18.2. The van der Waals surface area contributed by atoms with Crippen LogP contribution in [0, 0.1) is 5.92 Å². The lowest BCUT2D eigenvalue weighted by molar-refractivity contribution is -0.125. The van der Waals surface area contributed by atoms with Crippen LogP contribution < -0.4 is 5.32 Å². The van der Waals surface area contributed by atoms with Crippen molar-refractivity contribution in [2.75, 3.05) is 5.75 Å². The molecule has 8 heteroatoms. The number of amides is 2. The fraction of sp³-hybridized carbons (Fsp3) is 0.273. The molecule has 6 nitrogen and oxygen atoms in total. The van der Waals surface area contributed by atoms with Gasteiger partial charge in [0, 0.05) is 17.1 Å². The SMILES string of the molecule is CC(C)C1N=C2c3ccccc3N=C(SCC(=O)NCc3ccccc3Cl)N2C1=O. The summed E-state index contributed by atoms with van der Waals surface area (Å²) in [6.45, 7) is 4.30. The Labute approximate surface area is 184 Å². The molecule has 1 atom stereocenters. The number of hydrogen-bond donors (Lipinski definition) is 1. The van der Waals surface area contributed by atoms with Crippen LogP contribution in [-0.4, -0.2) is 39.5 Å². The van der Waals surface area contributed by atoms with Gasteiger partial charge in [0.2, 0.25) is 5.91 Å². The molecule has 0 saturated heterocycles. The van der Waals surface area contributed by atoms with E-state index in [2.05, 4.69) is 15.3 Å². The maximum absolute atomic E-state index is 13.0. The Balaban J connectivity index is 1.49. The highest BCUT2D eigenvalue weighted by atomic mass is 35.5. The highest BCUT2D eigenvalue weighted by Gasteiger charge is 2.42. The van der Waals surface area contributed by atoms with Crippen LogP contribution in [0.15, 0.2) is 58.5 Å². The summed E-state index contributed by atoms with van der Waals surface area (Å²) < 4.78 is 0. The van der Waals surface area contributed by atoms with Crippen LogP contribution in [0.25, 0.3) is 0 Å². The molecule has 2 amide bonds. The lowest BCUT2D eigenvalue weighted by atomic mass is 10.1. The number of nitrogens with one attached hydrogen (secondary N) is 1. The normalized spacial score (nSPS) is 17.4. The molecule has 0 fully saturated rings. The molecule has 30 heavy (non-hydrogen) atoms. The first kappa shape index (κ1) is 20.6. The van der Waals surface area contributed by atoms with Crippen molar-refractivity contribution < 1.29 is 9.59 Å². The second-order valence-electron chi connectivity index (χ2n) is 7.38. The van der Waals surface area contributed by atoms with Gasteiger partial charge in [-0.2, -0.15) is 0 Å². The van der Waals surface area contributed by atoms with E-state index >= 15 is 0 Å². The van der Waals surface area contributed by atoms with E-state index in [1.54, 1.807) is 11.0 Å². The molecule has 0 aliphatic carbocycles. The van der Waals surface area contributed by atoms with Crippen LogP contribution in [0.1, 0.15) is 25.0 Å². The smallest absolute Gasteiger partial charge is 0.259 e. The van der Waals surface area contributed by atoms with E-state index in [1.807, 2.05) is 56.3 Å². The topological polar surface area (TPSA) is 74.1 Å². The number of nitrogens with zero attached hydrogens (tertiary/aromatic N) is 3. The van der Waals surface area contributed by atoms with Crippen LogP contribution >= 0.6 is 23.4 Å². The van der Waals surface area contributed by atoms with Gasteiger partial charge in [0.05, 0.1) is 11.4 Å². The fourth-order valence-electron chi connectivity index (χ4n) is 3.32. The Hall–Kier alpha value is -2.64. The van der Waals surface area contributed by atoms with E-state index in [0.717, 1.165) is 16.8 Å². The van der Waals surface area contributed by atoms with Gasteiger partial charge >= 0.3 is 0 Å². The molecule has 2 aromatic rings. The van der Waals surface area contributed by atoms with Crippen molar-refractivity contribution in [2.45, 2.75) is 26.4 Å². The highest BCUT2D eigenvalue weighted by Crippen LogP contribution is 2.34. The van der Waals surface area contributed by atoms with Crippen molar-refractivity contribution in [3.05, 3.63) is 64.7 Å². The summed E-state index contributed by atoms with van der Waals surface area (Å²) in [6, 6.07) is 14.5. The third kappa shape index (κ3) is 4.00. The minimum atomic E-state index is -0.439. The number of carbonyl (C=O) groups is 2. The lowest BCUT2D eigenvalue weighted by Crippen LogP contribution is -2.42. The summed E-state index contributed by atoms with van der Waals surface area (Å²) in [5, 5.41) is 3.96. The van der Waals surface area contributed by atoms with Crippen LogP contribution in [0.3, 0.4) is 0 Å². The van der Waals surface area contributed by atoms with E-state index in [4.69, 9.17) is 11.6 Å². The Morgan fingerprint density at radius 1 is 1.20 bits per heavy atom. The molecule has 2 aliphatic rings. The molecular formula is C22H21ClN4O2S. The molecule has 1 unspecified atom stereocenters. The monoisotopic (exact) mass is 440 g/mol. The van der Waals surface area contributed by atoms with Gasteiger partial charge in [0.25, 0.3) is 5.91 Å². The number of carbonyl (C=O) groups excluding carboxylic acids is 2. The van der Waals surface area contributed by atoms with Gasteiger partial charge in [-0.3, -0.25) is 14.6 Å². The van der Waals surface area contributed by atoms with Crippen molar-refractivity contribution in [1.29, 1.82) is 0 Å². The number of benzene rings is 2. The number of aliphatic imine (C=N–C) groups is 2. The van der Waals surface area contributed by atoms with Crippen molar-refractivity contribution >= 4 is 51.9 Å². The second kappa shape index (κ2) is 8.62. The molecule has 154 valence electrons. The molecule has 4 rings (SSSR count). The van der Waals surface area contributed by atoms with Crippen molar-refractivity contribution in [3.63, 3.8) is 0 Å². The van der Waals surface area contributed by atoms with Crippen molar-refractivity contribution in [3.8, 4) is 0 Å². The molecule has 2 heterocycles. The average molecular weight is 441 g/mol. The fourth-order valence-corrected chi connectivity index (χ4v) is 4.35. The molecule has 0 bridgehead atoms. The standard InChI is InChI=1S/C22H21ClN4O2S/c1-13(2)19-21(29)27-20(26-19)15-8-4-6-10-17(15)25-22(27)30-12-18(28)24-11-14-7-3-5-9-16(14)23/h3-10,13,19H,11-12H2,1-2H3,(H,24,28). The number of thioether (sulfide) groups is 1. The minimum Gasteiger partial charge on any atom is -0.351 e. The molecule has 0 spiro atoms. The van der Waals surface area contributed by atoms with Gasteiger partial charge in [-0.05, 0) is 29.7 Å². The first-order valence-electron chi connectivity index (χ1n) is 9.68. The Bertz CT molecular complexity index is 1070. The van der Waals surface area contributed by atoms with E-state index in [-0.39, 0.29) is 23.5 Å². The summed E-state index contributed by atoms with van der Waals surface area (Å²) in [4.78, 5) is 36.3. The quantitative estimate of drug-likeness (QED) is 0.763. The first-order valence-corrected chi connectivity index (χ1v) is 11.0. The molecule has 0 radical (unpaired) electrons. The third-order valence-corrected chi connectivity index (χ3v) is 6.20. The van der Waals surface area contributed by atoms with Crippen LogP contribution in [-0.2, 0) is 16.1 Å². The van der Waals surface area contributed by atoms with Gasteiger partial charge in [0.15, 0.2) is 5.17 Å². The van der Waals surface area contributed by atoms with E-state index in [1.165, 1.54) is 11.8 Å². The van der Waals surface area contributed by atoms with Gasteiger partial charge in [0.1, 0.15) is 11.9 Å². The molecule has 2 aromatic carbocycles. The predicted molar refractivity (Wildman–Crippen MR) is 121 cm³/mol. The first-order chi connectivity index (χ1) is 14.5. The number of amidine groups is 2. The van der Waals surface area contributed by atoms with Gasteiger partial charge in [-0.25, -0.2) is 9.89 Å². The van der Waals surface area contributed by atoms with Crippen LogP contribution in [0.5, 0.6) is 0 Å². The number of hydrogen-bond acceptors (Lipinski definition) is 5. The predicted octanol–water partition coefficient (Wildman–Crippen LogP) is 4.00. The molecule has 1 N–H and O–H groups in total. The zero-order chi connectivity index (χ0) is 21.3. The Morgan fingerprint density at radius 3 is 2.70 bits per heavy atom. The average Bonchev–Trinajstić information content (AvgIpc) is 3.09. The van der Waals surface area contributed by atoms with E-state index in [0.29, 0.717) is 22.6 Å². The lowest BCUT2D eigenvalue weighted by Gasteiger charge is -2.25. The Kier molecular flexibility index (Phi) is 5.92. The largest absolute Gasteiger partial charge is 0.351 e. The molecule has 2 aliphatic heterocycles. The highest BCUT2D eigenvalue weighted by molar-refractivity contribution is 8.14. The van der Waals surface area contributed by atoms with E-state index in [9.17, 15) is 9.59 Å². The number of rotatable bonds is 5. The maximum Gasteiger partial charge on any atom is 0.259 e. The number of halogens is 1. The van der Waals surface area contributed by atoms with Crippen molar-refractivity contribution in [1.82, 2.24) is 10.2 Å². The van der Waals surface area contributed by atoms with Crippen LogP contribution in [0.4, 0.5) is 5.69 Å². The minimum absolute atomic E-state index is 0.0768. The summed E-state index contributed by atoms with van der Waals surface area (Å²) in [5.74, 6) is 0.565. The summed E-state index contributed by atoms with van der Waals surface area (Å²) in [7, 11) is 0. The zero-order valence-electron chi connectivity index (χ0n) is 16.6. The Morgan fingerprint density at radius 2 is 1.93 bits per heavy atom. The van der Waals surface area contributed by atoms with Crippen LogP contribution in [0.2, 0.25) is 5.02 Å². The van der Waals surface area contributed by atoms with Gasteiger partial charge < -0.3 is 5.32 Å². The second-order valence-corrected chi connectivity index (χ2v) is 8.73. The number of para-hydroxylation sites is 1. The van der Waals surface area contributed by atoms with E-state index < -0.39 is 6.04 Å². The number of fused-ring (bicyclic) bond motifs is 3. The summed E-state index contributed by atoms with van der Waals surface area (Å²) >= 11 is 7.37. The molecular weight excluding hydrogens is 420 g/mol. The molecule has 0 saturated carbocycles. The van der Waals surface area contributed by atoms with Gasteiger partial charge in [-0.1, -0.05) is 67.5 Å². The maximum atomic E-state index is 13.0. The van der Waals surface area contributed by atoms with Gasteiger partial charge in [-0.15, -0.1) is 0 Å². The van der Waals surface area contributed by atoms with Crippen molar-refractivity contribution in [2.24, 2.45) is 15.9 Å². The third-order valence-electron chi connectivity index (χ3n) is 4.90. The summed E-state index contributed by atoms with van der Waals surface area (Å²) in [5.41, 5.74) is 2.44. The summed E-state index contributed by atoms with van der Waals surface area (Å²) in [6.07, 6.45) is 0. The molecule has 0 aromatic heterocycles.